The van der Waals surface area contributed by atoms with E-state index in [-0.39, 0.29) is 12.8 Å². The Bertz CT molecular complexity index is 658. The lowest BCUT2D eigenvalue weighted by molar-refractivity contribution is 0.174. The zero-order chi connectivity index (χ0) is 14.8. The number of ether oxygens (including phenoxy) is 3. The average Bonchev–Trinajstić information content (AvgIpc) is 2.93. The lowest BCUT2D eigenvalue weighted by Gasteiger charge is -2.11. The number of halogens is 1. The Morgan fingerprint density at radius 3 is 2.76 bits per heavy atom. The van der Waals surface area contributed by atoms with Crippen molar-refractivity contribution in [2.45, 2.75) is 19.6 Å². The molecule has 0 saturated heterocycles. The first-order valence-electron chi connectivity index (χ1n) is 6.70. The zero-order valence-corrected chi connectivity index (χ0v) is 13.2. The van der Waals surface area contributed by atoms with E-state index in [1.54, 1.807) is 0 Å². The first-order chi connectivity index (χ1) is 10.1. The third kappa shape index (κ3) is 3.14. The van der Waals surface area contributed by atoms with Crippen molar-refractivity contribution in [1.82, 2.24) is 0 Å². The van der Waals surface area contributed by atoms with Crippen LogP contribution in [0, 0.1) is 0 Å². The molecule has 0 fully saturated rings. The highest BCUT2D eigenvalue weighted by Crippen LogP contribution is 2.33. The van der Waals surface area contributed by atoms with Crippen LogP contribution in [0.4, 0.5) is 0 Å². The topological polar surface area (TPSA) is 53.7 Å². The summed E-state index contributed by atoms with van der Waals surface area (Å²) in [5.41, 5.74) is 7.96. The predicted octanol–water partition coefficient (Wildman–Crippen LogP) is 3.78. The molecular weight excluding hydrogens is 334 g/mol. The minimum atomic E-state index is 0.00390. The summed E-state index contributed by atoms with van der Waals surface area (Å²) in [4.78, 5) is 0. The molecule has 2 N–H and O–H groups in total. The van der Waals surface area contributed by atoms with Crippen LogP contribution in [0.25, 0.3) is 0 Å². The highest BCUT2D eigenvalue weighted by molar-refractivity contribution is 9.10. The van der Waals surface area contributed by atoms with Gasteiger partial charge in [-0.3, -0.25) is 0 Å². The molecule has 0 bridgehead atoms. The lowest BCUT2D eigenvalue weighted by Crippen LogP contribution is -2.05. The van der Waals surface area contributed by atoms with Crippen LogP contribution in [0.3, 0.4) is 0 Å². The van der Waals surface area contributed by atoms with Crippen molar-refractivity contribution in [1.29, 1.82) is 0 Å². The fourth-order valence-corrected chi connectivity index (χ4v) is 2.62. The summed E-state index contributed by atoms with van der Waals surface area (Å²) in [6, 6.07) is 11.7. The van der Waals surface area contributed by atoms with Gasteiger partial charge in [-0.05, 0) is 58.2 Å². The minimum absolute atomic E-state index is 0.00390. The standard InChI is InChI=1S/C16H16BrNO3/c1-10(18)12-3-5-14(13(17)7-12)19-8-11-2-4-15-16(6-11)21-9-20-15/h2-7,10H,8-9,18H2,1H3/t10-/m0/s1. The van der Waals surface area contributed by atoms with Gasteiger partial charge in [0.2, 0.25) is 6.79 Å². The minimum Gasteiger partial charge on any atom is -0.488 e. The molecule has 1 aliphatic heterocycles. The first-order valence-corrected chi connectivity index (χ1v) is 7.49. The molecule has 21 heavy (non-hydrogen) atoms. The van der Waals surface area contributed by atoms with Crippen LogP contribution in [-0.2, 0) is 6.61 Å². The van der Waals surface area contributed by atoms with Crippen molar-refractivity contribution < 1.29 is 14.2 Å². The van der Waals surface area contributed by atoms with Crippen molar-refractivity contribution in [2.24, 2.45) is 5.73 Å². The average molecular weight is 350 g/mol. The van der Waals surface area contributed by atoms with Crippen LogP contribution in [0.15, 0.2) is 40.9 Å². The quantitative estimate of drug-likeness (QED) is 0.912. The van der Waals surface area contributed by atoms with E-state index >= 15 is 0 Å². The largest absolute Gasteiger partial charge is 0.488 e. The van der Waals surface area contributed by atoms with Crippen LogP contribution >= 0.6 is 15.9 Å². The number of benzene rings is 2. The van der Waals surface area contributed by atoms with Crippen molar-refractivity contribution in [2.75, 3.05) is 6.79 Å². The van der Waals surface area contributed by atoms with Gasteiger partial charge in [-0.1, -0.05) is 12.1 Å². The molecule has 4 nitrogen and oxygen atoms in total. The molecule has 1 atom stereocenters. The molecule has 0 amide bonds. The van der Waals surface area contributed by atoms with Gasteiger partial charge >= 0.3 is 0 Å². The maximum absolute atomic E-state index is 5.86. The molecule has 1 aliphatic rings. The first kappa shape index (κ1) is 14.2. The Morgan fingerprint density at radius 2 is 2.00 bits per heavy atom. The Morgan fingerprint density at radius 1 is 1.19 bits per heavy atom. The van der Waals surface area contributed by atoms with Gasteiger partial charge in [-0.2, -0.15) is 0 Å². The normalized spacial score (nSPS) is 14.0. The Balaban J connectivity index is 1.70. The van der Waals surface area contributed by atoms with Crippen molar-refractivity contribution in [3.63, 3.8) is 0 Å². The Kier molecular flexibility index (Phi) is 4.03. The monoisotopic (exact) mass is 349 g/mol. The summed E-state index contributed by atoms with van der Waals surface area (Å²) < 4.78 is 17.4. The van der Waals surface area contributed by atoms with E-state index in [9.17, 15) is 0 Å². The highest BCUT2D eigenvalue weighted by atomic mass is 79.9. The van der Waals surface area contributed by atoms with Crippen LogP contribution in [0.5, 0.6) is 17.2 Å². The van der Waals surface area contributed by atoms with E-state index in [1.165, 1.54) is 0 Å². The summed E-state index contributed by atoms with van der Waals surface area (Å²) >= 11 is 3.51. The third-order valence-electron chi connectivity index (χ3n) is 3.31. The molecule has 0 radical (unpaired) electrons. The Labute approximate surface area is 131 Å². The van der Waals surface area contributed by atoms with Crippen LogP contribution < -0.4 is 19.9 Å². The molecule has 110 valence electrons. The van der Waals surface area contributed by atoms with E-state index < -0.39 is 0 Å². The number of fused-ring (bicyclic) bond motifs is 1. The smallest absolute Gasteiger partial charge is 0.231 e. The van der Waals surface area contributed by atoms with Gasteiger partial charge in [0, 0.05) is 6.04 Å². The van der Waals surface area contributed by atoms with Crippen LogP contribution in [-0.4, -0.2) is 6.79 Å². The van der Waals surface area contributed by atoms with Crippen LogP contribution in [0.1, 0.15) is 24.1 Å². The number of rotatable bonds is 4. The van der Waals surface area contributed by atoms with E-state index in [0.717, 1.165) is 32.8 Å². The number of nitrogens with two attached hydrogens (primary N) is 1. The van der Waals surface area contributed by atoms with Gasteiger partial charge in [-0.25, -0.2) is 0 Å². The Hall–Kier alpha value is -1.72. The van der Waals surface area contributed by atoms with Gasteiger partial charge in [0.25, 0.3) is 0 Å². The molecule has 0 spiro atoms. The molecule has 3 rings (SSSR count). The molecule has 0 aromatic heterocycles. The third-order valence-corrected chi connectivity index (χ3v) is 3.93. The fraction of sp³-hybridized carbons (Fsp3) is 0.250. The van der Waals surface area contributed by atoms with Crippen LogP contribution in [0.2, 0.25) is 0 Å². The van der Waals surface area contributed by atoms with Crippen molar-refractivity contribution >= 4 is 15.9 Å². The molecule has 0 unspecified atom stereocenters. The molecule has 0 aliphatic carbocycles. The molecule has 5 heteroatoms. The van der Waals surface area contributed by atoms with Crippen molar-refractivity contribution in [3.05, 3.63) is 52.0 Å². The van der Waals surface area contributed by atoms with E-state index in [4.69, 9.17) is 19.9 Å². The van der Waals surface area contributed by atoms with Gasteiger partial charge in [0.1, 0.15) is 12.4 Å². The van der Waals surface area contributed by atoms with Gasteiger partial charge < -0.3 is 19.9 Å². The second-order valence-electron chi connectivity index (χ2n) is 4.95. The second kappa shape index (κ2) is 5.95. The number of hydrogen-bond acceptors (Lipinski definition) is 4. The molecular formula is C16H16BrNO3. The van der Waals surface area contributed by atoms with Crippen molar-refractivity contribution in [3.8, 4) is 17.2 Å². The fourth-order valence-electron chi connectivity index (χ4n) is 2.11. The molecule has 2 aromatic rings. The van der Waals surface area contributed by atoms with Gasteiger partial charge in [0.05, 0.1) is 4.47 Å². The molecule has 1 heterocycles. The van der Waals surface area contributed by atoms with E-state index in [0.29, 0.717) is 6.61 Å². The molecule has 0 saturated carbocycles. The summed E-state index contributed by atoms with van der Waals surface area (Å²) in [6.07, 6.45) is 0. The lowest BCUT2D eigenvalue weighted by atomic mass is 10.1. The summed E-state index contributed by atoms with van der Waals surface area (Å²) in [5, 5.41) is 0. The maximum Gasteiger partial charge on any atom is 0.231 e. The molecule has 2 aromatic carbocycles. The van der Waals surface area contributed by atoms with E-state index in [2.05, 4.69) is 15.9 Å². The number of hydrogen-bond donors (Lipinski definition) is 1. The van der Waals surface area contributed by atoms with E-state index in [1.807, 2.05) is 43.3 Å². The highest BCUT2D eigenvalue weighted by Gasteiger charge is 2.13. The SMILES string of the molecule is C[C@H](N)c1ccc(OCc2ccc3c(c2)OCO3)c(Br)c1. The summed E-state index contributed by atoms with van der Waals surface area (Å²) in [5.74, 6) is 2.33. The second-order valence-corrected chi connectivity index (χ2v) is 5.81. The summed E-state index contributed by atoms with van der Waals surface area (Å²) in [7, 11) is 0. The zero-order valence-electron chi connectivity index (χ0n) is 11.6. The maximum atomic E-state index is 5.86. The summed E-state index contributed by atoms with van der Waals surface area (Å²) in [6.45, 7) is 2.70. The van der Waals surface area contributed by atoms with Gasteiger partial charge in [0.15, 0.2) is 11.5 Å². The van der Waals surface area contributed by atoms with Gasteiger partial charge in [-0.15, -0.1) is 0 Å². The predicted molar refractivity (Wildman–Crippen MR) is 83.6 cm³/mol.